The Hall–Kier alpha value is -4.22. The van der Waals surface area contributed by atoms with Crippen molar-refractivity contribution in [3.63, 3.8) is 0 Å². The fourth-order valence-electron chi connectivity index (χ4n) is 3.82. The standard InChI is InChI=1S/C28H26N2O6/c1-19(2)13-14-22-17-29(28(34)30(26(22)32)25(31)20-9-5-3-6-10-20)24-16-15-23(36-24)18-35-27(33)21-11-7-4-8-12-21/h3-12,17,19,23-24H,15-16,18H2,1-2H3/t23-,24+/m1/s1. The summed E-state index contributed by atoms with van der Waals surface area (Å²) in [4.78, 5) is 51.8. The van der Waals surface area contributed by atoms with Gasteiger partial charge in [-0.2, -0.15) is 4.57 Å². The van der Waals surface area contributed by atoms with E-state index in [2.05, 4.69) is 11.8 Å². The van der Waals surface area contributed by atoms with Crippen LogP contribution in [0.3, 0.4) is 0 Å². The van der Waals surface area contributed by atoms with Crippen molar-refractivity contribution in [3.05, 3.63) is 104 Å². The van der Waals surface area contributed by atoms with Crippen molar-refractivity contribution >= 4 is 11.9 Å². The van der Waals surface area contributed by atoms with E-state index in [4.69, 9.17) is 9.47 Å². The van der Waals surface area contributed by atoms with Crippen LogP contribution in [0.25, 0.3) is 0 Å². The molecule has 0 aliphatic carbocycles. The van der Waals surface area contributed by atoms with E-state index in [9.17, 15) is 19.2 Å². The molecular formula is C28H26N2O6. The minimum absolute atomic E-state index is 0.0155. The SMILES string of the molecule is CC(C)C#Cc1cn([C@@H]2CC[C@H](COC(=O)c3ccccc3)O2)c(=O)n(C(=O)c2ccccc2)c1=O. The van der Waals surface area contributed by atoms with Gasteiger partial charge in [0.05, 0.1) is 11.7 Å². The number of hydrogen-bond donors (Lipinski definition) is 0. The lowest BCUT2D eigenvalue weighted by Crippen LogP contribution is -2.45. The molecule has 1 aromatic heterocycles. The van der Waals surface area contributed by atoms with Crippen LogP contribution in [0.1, 0.15) is 59.2 Å². The highest BCUT2D eigenvalue weighted by Crippen LogP contribution is 2.27. The van der Waals surface area contributed by atoms with Crippen LogP contribution in [-0.4, -0.2) is 33.7 Å². The summed E-state index contributed by atoms with van der Waals surface area (Å²) in [5.74, 6) is 4.49. The van der Waals surface area contributed by atoms with E-state index in [1.807, 2.05) is 13.8 Å². The molecule has 1 fully saturated rings. The minimum Gasteiger partial charge on any atom is -0.459 e. The lowest BCUT2D eigenvalue weighted by molar-refractivity contribution is -0.0343. The Bertz CT molecular complexity index is 1430. The number of hydrogen-bond acceptors (Lipinski definition) is 6. The number of benzene rings is 2. The number of carbonyl (C=O) groups excluding carboxylic acids is 2. The zero-order valence-electron chi connectivity index (χ0n) is 20.0. The summed E-state index contributed by atoms with van der Waals surface area (Å²) < 4.78 is 13.2. The van der Waals surface area contributed by atoms with E-state index >= 15 is 0 Å². The quantitative estimate of drug-likeness (QED) is 0.406. The van der Waals surface area contributed by atoms with E-state index in [1.54, 1.807) is 48.5 Å². The van der Waals surface area contributed by atoms with Gasteiger partial charge in [0.1, 0.15) is 18.4 Å². The molecule has 0 bridgehead atoms. The van der Waals surface area contributed by atoms with Crippen molar-refractivity contribution in [1.29, 1.82) is 0 Å². The number of esters is 1. The molecule has 3 aromatic rings. The van der Waals surface area contributed by atoms with Gasteiger partial charge in [-0.15, -0.1) is 0 Å². The molecule has 0 radical (unpaired) electrons. The Labute approximate surface area is 208 Å². The average molecular weight is 487 g/mol. The van der Waals surface area contributed by atoms with Gasteiger partial charge in [0, 0.05) is 17.7 Å². The molecule has 1 aliphatic heterocycles. The van der Waals surface area contributed by atoms with E-state index < -0.39 is 35.5 Å². The van der Waals surface area contributed by atoms with Gasteiger partial charge in [-0.05, 0) is 37.1 Å². The van der Waals surface area contributed by atoms with Crippen molar-refractivity contribution in [2.45, 2.75) is 39.0 Å². The minimum atomic E-state index is -0.809. The molecule has 184 valence electrons. The molecule has 36 heavy (non-hydrogen) atoms. The maximum atomic E-state index is 13.3. The second kappa shape index (κ2) is 11.0. The predicted molar refractivity (Wildman–Crippen MR) is 133 cm³/mol. The highest BCUT2D eigenvalue weighted by Gasteiger charge is 2.30. The molecule has 0 N–H and O–H groups in total. The number of aromatic nitrogens is 2. The van der Waals surface area contributed by atoms with Crippen LogP contribution in [0.4, 0.5) is 0 Å². The summed E-state index contributed by atoms with van der Waals surface area (Å²) in [5.41, 5.74) is -0.922. The van der Waals surface area contributed by atoms with Crippen LogP contribution < -0.4 is 11.2 Å². The van der Waals surface area contributed by atoms with Crippen LogP contribution in [-0.2, 0) is 9.47 Å². The first-order valence-electron chi connectivity index (χ1n) is 11.7. The van der Waals surface area contributed by atoms with Gasteiger partial charge in [0.15, 0.2) is 0 Å². The summed E-state index contributed by atoms with van der Waals surface area (Å²) in [7, 11) is 0. The molecule has 0 amide bonds. The second-order valence-electron chi connectivity index (χ2n) is 8.72. The first-order valence-corrected chi connectivity index (χ1v) is 11.7. The fourth-order valence-corrected chi connectivity index (χ4v) is 3.82. The summed E-state index contributed by atoms with van der Waals surface area (Å²) >= 11 is 0. The van der Waals surface area contributed by atoms with Crippen molar-refractivity contribution in [2.24, 2.45) is 5.92 Å². The zero-order chi connectivity index (χ0) is 25.7. The highest BCUT2D eigenvalue weighted by molar-refractivity contribution is 5.95. The van der Waals surface area contributed by atoms with Gasteiger partial charge >= 0.3 is 11.7 Å². The van der Waals surface area contributed by atoms with E-state index in [1.165, 1.54) is 22.9 Å². The van der Waals surface area contributed by atoms with Crippen molar-refractivity contribution < 1.29 is 19.1 Å². The summed E-state index contributed by atoms with van der Waals surface area (Å²) in [6, 6.07) is 16.7. The lowest BCUT2D eigenvalue weighted by atomic mass is 10.2. The molecule has 2 heterocycles. The molecule has 0 saturated carbocycles. The number of nitrogens with zero attached hydrogens (tertiary/aromatic N) is 2. The molecule has 2 aromatic carbocycles. The smallest absolute Gasteiger partial charge is 0.340 e. The summed E-state index contributed by atoms with van der Waals surface area (Å²) in [6.07, 6.45) is 1.12. The maximum absolute atomic E-state index is 13.3. The van der Waals surface area contributed by atoms with E-state index in [-0.39, 0.29) is 23.7 Å². The van der Waals surface area contributed by atoms with Crippen molar-refractivity contribution in [3.8, 4) is 11.8 Å². The molecule has 4 rings (SSSR count). The Morgan fingerprint density at radius 2 is 1.64 bits per heavy atom. The lowest BCUT2D eigenvalue weighted by Gasteiger charge is -2.18. The van der Waals surface area contributed by atoms with Gasteiger partial charge < -0.3 is 9.47 Å². The molecule has 8 nitrogen and oxygen atoms in total. The number of carbonyl (C=O) groups is 2. The van der Waals surface area contributed by atoms with Crippen molar-refractivity contribution in [1.82, 2.24) is 9.13 Å². The van der Waals surface area contributed by atoms with Gasteiger partial charge in [-0.1, -0.05) is 62.1 Å². The monoisotopic (exact) mass is 486 g/mol. The molecule has 0 unspecified atom stereocenters. The van der Waals surface area contributed by atoms with E-state index in [0.29, 0.717) is 23.0 Å². The zero-order valence-corrected chi connectivity index (χ0v) is 20.0. The first-order chi connectivity index (χ1) is 17.3. The van der Waals surface area contributed by atoms with Crippen LogP contribution >= 0.6 is 0 Å². The summed E-state index contributed by atoms with van der Waals surface area (Å²) in [5, 5.41) is 0. The van der Waals surface area contributed by atoms with Crippen molar-refractivity contribution in [2.75, 3.05) is 6.61 Å². The van der Waals surface area contributed by atoms with Gasteiger partial charge in [-0.25, -0.2) is 9.59 Å². The Balaban J connectivity index is 1.61. The molecule has 8 heteroatoms. The highest BCUT2D eigenvalue weighted by atomic mass is 16.6. The van der Waals surface area contributed by atoms with Gasteiger partial charge in [0.2, 0.25) is 0 Å². The molecule has 1 saturated heterocycles. The third-order valence-corrected chi connectivity index (χ3v) is 5.64. The van der Waals surface area contributed by atoms with Crippen LogP contribution in [0.2, 0.25) is 0 Å². The fraction of sp³-hybridized carbons (Fsp3) is 0.286. The predicted octanol–water partition coefficient (Wildman–Crippen LogP) is 3.24. The topological polar surface area (TPSA) is 96.6 Å². The Morgan fingerprint density at radius 1 is 1.00 bits per heavy atom. The molecular weight excluding hydrogens is 460 g/mol. The maximum Gasteiger partial charge on any atom is 0.340 e. The van der Waals surface area contributed by atoms with Crippen LogP contribution in [0, 0.1) is 17.8 Å². The molecule has 0 spiro atoms. The van der Waals surface area contributed by atoms with Gasteiger partial charge in [0.25, 0.3) is 11.5 Å². The Morgan fingerprint density at radius 3 is 2.28 bits per heavy atom. The first kappa shape index (κ1) is 24.9. The summed E-state index contributed by atoms with van der Waals surface area (Å²) in [6.45, 7) is 3.76. The van der Waals surface area contributed by atoms with Crippen LogP contribution in [0.5, 0.6) is 0 Å². The molecule has 1 aliphatic rings. The normalized spacial score (nSPS) is 16.9. The third-order valence-electron chi connectivity index (χ3n) is 5.64. The molecule has 2 atom stereocenters. The van der Waals surface area contributed by atoms with E-state index in [0.717, 1.165) is 0 Å². The largest absolute Gasteiger partial charge is 0.459 e. The third kappa shape index (κ3) is 5.53. The van der Waals surface area contributed by atoms with Crippen LogP contribution in [0.15, 0.2) is 76.4 Å². The number of rotatable bonds is 5. The second-order valence-corrected chi connectivity index (χ2v) is 8.72. The Kier molecular flexibility index (Phi) is 7.62. The average Bonchev–Trinajstić information content (AvgIpc) is 3.36. The van der Waals surface area contributed by atoms with Gasteiger partial charge in [-0.3, -0.25) is 14.2 Å². The number of ether oxygens (including phenoxy) is 2.